The standard InChI is InChI=1S/C33H34ClN3O4S/c1-24-12-10-19-30(25(24)2)37(42(40,41)29-17-8-5-9-18-29)23-32(38)36(22-27-15-11-16-28(34)20-27)31(33(39)35-3)21-26-13-6-4-7-14-26/h4-20,31H,21-23H2,1-3H3,(H,35,39). The Morgan fingerprint density at radius 2 is 1.45 bits per heavy atom. The van der Waals surface area contributed by atoms with Crippen LogP contribution >= 0.6 is 11.6 Å². The molecule has 0 spiro atoms. The number of anilines is 1. The van der Waals surface area contributed by atoms with Crippen LogP contribution in [0.2, 0.25) is 5.02 Å². The number of sulfonamides is 1. The molecular weight excluding hydrogens is 570 g/mol. The quantitative estimate of drug-likeness (QED) is 0.244. The number of hydrogen-bond donors (Lipinski definition) is 1. The Bertz CT molecular complexity index is 1650. The van der Waals surface area contributed by atoms with E-state index in [4.69, 9.17) is 11.6 Å². The van der Waals surface area contributed by atoms with E-state index < -0.39 is 28.5 Å². The maximum atomic E-state index is 14.3. The van der Waals surface area contributed by atoms with Gasteiger partial charge in [0.15, 0.2) is 0 Å². The minimum absolute atomic E-state index is 0.0519. The van der Waals surface area contributed by atoms with Crippen LogP contribution in [0.1, 0.15) is 22.3 Å². The molecule has 4 rings (SSSR count). The smallest absolute Gasteiger partial charge is 0.264 e. The Morgan fingerprint density at radius 1 is 0.833 bits per heavy atom. The van der Waals surface area contributed by atoms with Crippen LogP contribution in [0.5, 0.6) is 0 Å². The van der Waals surface area contributed by atoms with Gasteiger partial charge in [0.05, 0.1) is 10.6 Å². The highest BCUT2D eigenvalue weighted by Crippen LogP contribution is 2.29. The molecule has 0 aromatic heterocycles. The van der Waals surface area contributed by atoms with Crippen molar-refractivity contribution >= 4 is 39.1 Å². The van der Waals surface area contributed by atoms with Crippen molar-refractivity contribution in [2.45, 2.75) is 37.8 Å². The molecule has 0 aliphatic heterocycles. The molecule has 9 heteroatoms. The van der Waals surface area contributed by atoms with E-state index >= 15 is 0 Å². The lowest BCUT2D eigenvalue weighted by Crippen LogP contribution is -2.53. The van der Waals surface area contributed by atoms with Gasteiger partial charge in [0, 0.05) is 25.0 Å². The number of hydrogen-bond acceptors (Lipinski definition) is 4. The normalized spacial score (nSPS) is 11.9. The van der Waals surface area contributed by atoms with Crippen molar-refractivity contribution in [3.8, 4) is 0 Å². The fourth-order valence-electron chi connectivity index (χ4n) is 4.79. The second-order valence-corrected chi connectivity index (χ2v) is 12.3. The summed E-state index contributed by atoms with van der Waals surface area (Å²) in [5, 5.41) is 3.17. The largest absolute Gasteiger partial charge is 0.357 e. The van der Waals surface area contributed by atoms with Crippen LogP contribution in [-0.4, -0.2) is 44.8 Å². The molecule has 0 heterocycles. The summed E-state index contributed by atoms with van der Waals surface area (Å²) in [4.78, 5) is 29.2. The number of aryl methyl sites for hydroxylation is 1. The van der Waals surface area contributed by atoms with Crippen LogP contribution in [0, 0.1) is 13.8 Å². The summed E-state index contributed by atoms with van der Waals surface area (Å²) in [6, 6.07) is 28.9. The third-order valence-electron chi connectivity index (χ3n) is 7.21. The minimum Gasteiger partial charge on any atom is -0.357 e. The van der Waals surface area contributed by atoms with E-state index in [0.29, 0.717) is 16.3 Å². The average Bonchev–Trinajstić information content (AvgIpc) is 2.99. The highest BCUT2D eigenvalue weighted by molar-refractivity contribution is 7.92. The van der Waals surface area contributed by atoms with E-state index in [2.05, 4.69) is 5.32 Å². The molecule has 4 aromatic carbocycles. The van der Waals surface area contributed by atoms with Crippen LogP contribution < -0.4 is 9.62 Å². The summed E-state index contributed by atoms with van der Waals surface area (Å²) in [6.07, 6.45) is 0.238. The molecule has 0 fully saturated rings. The van der Waals surface area contributed by atoms with Crippen LogP contribution in [0.3, 0.4) is 0 Å². The first-order valence-electron chi connectivity index (χ1n) is 13.5. The number of amides is 2. The number of likely N-dealkylation sites (N-methyl/N-ethyl adjacent to an activating group) is 1. The third-order valence-corrected chi connectivity index (χ3v) is 9.22. The first-order chi connectivity index (χ1) is 20.1. The highest BCUT2D eigenvalue weighted by Gasteiger charge is 2.34. The second kappa shape index (κ2) is 13.7. The van der Waals surface area contributed by atoms with Gasteiger partial charge in [-0.3, -0.25) is 13.9 Å². The summed E-state index contributed by atoms with van der Waals surface area (Å²) in [7, 11) is -2.63. The van der Waals surface area contributed by atoms with Crippen molar-refractivity contribution in [2.75, 3.05) is 17.9 Å². The van der Waals surface area contributed by atoms with Crippen molar-refractivity contribution in [2.24, 2.45) is 0 Å². The Hall–Kier alpha value is -4.14. The lowest BCUT2D eigenvalue weighted by molar-refractivity contribution is -0.139. The van der Waals surface area contributed by atoms with E-state index in [1.807, 2.05) is 56.3 Å². The molecule has 42 heavy (non-hydrogen) atoms. The molecule has 0 aliphatic rings. The van der Waals surface area contributed by atoms with Gasteiger partial charge in [0.2, 0.25) is 11.8 Å². The van der Waals surface area contributed by atoms with Gasteiger partial charge in [0.1, 0.15) is 12.6 Å². The van der Waals surface area contributed by atoms with E-state index in [1.165, 1.54) is 24.1 Å². The molecule has 1 N–H and O–H groups in total. The fraction of sp³-hybridized carbons (Fsp3) is 0.212. The Balaban J connectivity index is 1.81. The van der Waals surface area contributed by atoms with Crippen molar-refractivity contribution < 1.29 is 18.0 Å². The predicted octanol–water partition coefficient (Wildman–Crippen LogP) is 5.54. The molecule has 0 aliphatic carbocycles. The topological polar surface area (TPSA) is 86.8 Å². The van der Waals surface area contributed by atoms with E-state index in [9.17, 15) is 18.0 Å². The molecule has 218 valence electrons. The lowest BCUT2D eigenvalue weighted by Gasteiger charge is -2.34. The van der Waals surface area contributed by atoms with Gasteiger partial charge in [-0.1, -0.05) is 84.4 Å². The number of carbonyl (C=O) groups is 2. The number of halogens is 1. The Labute approximate surface area is 252 Å². The zero-order chi connectivity index (χ0) is 30.3. The summed E-state index contributed by atoms with van der Waals surface area (Å²) < 4.78 is 29.3. The molecule has 0 saturated carbocycles. The number of rotatable bonds is 11. The third kappa shape index (κ3) is 7.19. The number of nitrogens with zero attached hydrogens (tertiary/aromatic N) is 2. The molecule has 0 saturated heterocycles. The highest BCUT2D eigenvalue weighted by atomic mass is 35.5. The molecule has 1 unspecified atom stereocenters. The summed E-state index contributed by atoms with van der Waals surface area (Å²) in [6.45, 7) is 3.26. The monoisotopic (exact) mass is 603 g/mol. The average molecular weight is 604 g/mol. The minimum atomic E-state index is -4.15. The van der Waals surface area contributed by atoms with Crippen molar-refractivity contribution in [3.63, 3.8) is 0 Å². The van der Waals surface area contributed by atoms with Gasteiger partial charge in [-0.15, -0.1) is 0 Å². The number of benzene rings is 4. The van der Waals surface area contributed by atoms with Gasteiger partial charge < -0.3 is 10.2 Å². The molecule has 1 atom stereocenters. The number of nitrogens with one attached hydrogen (secondary N) is 1. The van der Waals surface area contributed by atoms with Gasteiger partial charge in [-0.05, 0) is 66.4 Å². The predicted molar refractivity (Wildman–Crippen MR) is 167 cm³/mol. The number of carbonyl (C=O) groups excluding carboxylic acids is 2. The maximum absolute atomic E-state index is 14.3. The van der Waals surface area contributed by atoms with Crippen molar-refractivity contribution in [3.05, 3.63) is 130 Å². The molecule has 0 radical (unpaired) electrons. The van der Waals surface area contributed by atoms with Crippen LogP contribution in [0.15, 0.2) is 108 Å². The first kappa shape index (κ1) is 30.8. The zero-order valence-corrected chi connectivity index (χ0v) is 25.4. The van der Waals surface area contributed by atoms with Crippen LogP contribution in [0.4, 0.5) is 5.69 Å². The Morgan fingerprint density at radius 3 is 2.10 bits per heavy atom. The van der Waals surface area contributed by atoms with E-state index in [-0.39, 0.29) is 23.8 Å². The zero-order valence-electron chi connectivity index (χ0n) is 23.8. The van der Waals surface area contributed by atoms with E-state index in [1.54, 1.807) is 48.5 Å². The summed E-state index contributed by atoms with van der Waals surface area (Å²) in [5.41, 5.74) is 3.59. The molecule has 0 bridgehead atoms. The van der Waals surface area contributed by atoms with E-state index in [0.717, 1.165) is 21.0 Å². The SMILES string of the molecule is CNC(=O)C(Cc1ccccc1)N(Cc1cccc(Cl)c1)C(=O)CN(c1cccc(C)c1C)S(=O)(=O)c1ccccc1. The molecular formula is C33H34ClN3O4S. The maximum Gasteiger partial charge on any atom is 0.264 e. The van der Waals surface area contributed by atoms with Crippen LogP contribution in [0.25, 0.3) is 0 Å². The van der Waals surface area contributed by atoms with Crippen LogP contribution in [-0.2, 0) is 32.6 Å². The fourth-order valence-corrected chi connectivity index (χ4v) is 6.50. The Kier molecular flexibility index (Phi) is 10.0. The summed E-state index contributed by atoms with van der Waals surface area (Å²) in [5.74, 6) is -0.890. The first-order valence-corrected chi connectivity index (χ1v) is 15.4. The van der Waals surface area contributed by atoms with Gasteiger partial charge in [-0.2, -0.15) is 0 Å². The lowest BCUT2D eigenvalue weighted by atomic mass is 10.0. The second-order valence-electron chi connectivity index (χ2n) is 10.0. The molecule has 4 aromatic rings. The molecule has 2 amide bonds. The summed E-state index contributed by atoms with van der Waals surface area (Å²) >= 11 is 6.26. The van der Waals surface area contributed by atoms with Gasteiger partial charge in [0.25, 0.3) is 10.0 Å². The molecule has 7 nitrogen and oxygen atoms in total. The van der Waals surface area contributed by atoms with Crippen molar-refractivity contribution in [1.29, 1.82) is 0 Å². The van der Waals surface area contributed by atoms with Gasteiger partial charge in [-0.25, -0.2) is 8.42 Å². The van der Waals surface area contributed by atoms with Crippen molar-refractivity contribution in [1.82, 2.24) is 10.2 Å². The van der Waals surface area contributed by atoms with Gasteiger partial charge >= 0.3 is 0 Å².